The van der Waals surface area contributed by atoms with Gasteiger partial charge in [0, 0.05) is 44.2 Å². The minimum atomic E-state index is 0.516. The molecule has 0 aliphatic heterocycles. The molecule has 0 N–H and O–H groups in total. The molecule has 0 spiro atoms. The largest absolute Gasteiger partial charge is 0.308 e. The second-order valence-electron chi connectivity index (χ2n) is 17.3. The smallest absolute Gasteiger partial charge is 0.166 e. The molecule has 12 aromatic rings. The highest BCUT2D eigenvalue weighted by Gasteiger charge is 2.25. The average Bonchev–Trinajstić information content (AvgIpc) is 3.74. The summed E-state index contributed by atoms with van der Waals surface area (Å²) in [5.74, 6) is 3.32. The number of hydrogen-bond acceptors (Lipinski definition) is 6. The Morgan fingerprint density at radius 3 is 0.899 bits per heavy atom. The van der Waals surface area contributed by atoms with Gasteiger partial charge in [-0.1, -0.05) is 199 Å². The number of hydrogen-bond donors (Lipinski definition) is 0. The van der Waals surface area contributed by atoms with E-state index in [-0.39, 0.29) is 0 Å². The Hall–Kier alpha value is -9.20. The van der Waals surface area contributed by atoms with Crippen LogP contribution >= 0.6 is 0 Å². The quantitative estimate of drug-likeness (QED) is 0.144. The van der Waals surface area contributed by atoms with Gasteiger partial charge in [-0.2, -0.15) is 0 Å². The van der Waals surface area contributed by atoms with Gasteiger partial charge in [0.15, 0.2) is 34.9 Å². The summed E-state index contributed by atoms with van der Waals surface area (Å²) in [7, 11) is 0. The predicted octanol–water partition coefficient (Wildman–Crippen LogP) is 15.1. The molecular weight excluding hydrogens is 843 g/mol. The lowest BCUT2D eigenvalue weighted by Gasteiger charge is -2.19. The molecule has 0 radical (unpaired) electrons. The second-order valence-corrected chi connectivity index (χ2v) is 17.3. The fourth-order valence-electron chi connectivity index (χ4n) is 9.12. The SMILES string of the molecule is Cc1ccc(-c2ccc3c(c2)c2cc(-c4ccc(C)cc4)ccc2n3-c2c(-c3nc(-c4ccccc4)nc(-c4ccccc4)n3)cccc2-c2nc(-c3ccccc3)nc(-c3ccccc3)n2)cc1. The van der Waals surface area contributed by atoms with Crippen LogP contribution < -0.4 is 0 Å². The lowest BCUT2D eigenvalue weighted by molar-refractivity contribution is 1.05. The Bertz CT molecular complexity index is 3450. The molecule has 0 aliphatic rings. The zero-order valence-corrected chi connectivity index (χ0v) is 38.0. The van der Waals surface area contributed by atoms with Crippen molar-refractivity contribution in [2.45, 2.75) is 13.8 Å². The molecule has 0 bridgehead atoms. The van der Waals surface area contributed by atoms with Crippen LogP contribution in [-0.2, 0) is 0 Å². The highest BCUT2D eigenvalue weighted by molar-refractivity contribution is 6.12. The fraction of sp³-hybridized carbons (Fsp3) is 0.0323. The van der Waals surface area contributed by atoms with Crippen molar-refractivity contribution in [2.24, 2.45) is 0 Å². The van der Waals surface area contributed by atoms with Crippen molar-refractivity contribution in [3.8, 4) is 96.3 Å². The molecule has 0 atom stereocenters. The van der Waals surface area contributed by atoms with Crippen LogP contribution in [-0.4, -0.2) is 34.5 Å². The van der Waals surface area contributed by atoms with Crippen LogP contribution in [0.3, 0.4) is 0 Å². The van der Waals surface area contributed by atoms with Gasteiger partial charge in [-0.3, -0.25) is 0 Å². The lowest BCUT2D eigenvalue weighted by Crippen LogP contribution is -2.07. The van der Waals surface area contributed by atoms with Crippen molar-refractivity contribution >= 4 is 21.8 Å². The van der Waals surface area contributed by atoms with E-state index in [0.29, 0.717) is 34.9 Å². The molecule has 0 fully saturated rings. The minimum absolute atomic E-state index is 0.516. The number of nitrogens with zero attached hydrogens (tertiary/aromatic N) is 7. The van der Waals surface area contributed by atoms with Crippen LogP contribution in [0.2, 0.25) is 0 Å². The van der Waals surface area contributed by atoms with Crippen molar-refractivity contribution in [2.75, 3.05) is 0 Å². The zero-order chi connectivity index (χ0) is 46.3. The molecule has 69 heavy (non-hydrogen) atoms. The van der Waals surface area contributed by atoms with E-state index in [4.69, 9.17) is 29.9 Å². The van der Waals surface area contributed by atoms with Gasteiger partial charge in [-0.15, -0.1) is 0 Å². The fourth-order valence-corrected chi connectivity index (χ4v) is 9.12. The van der Waals surface area contributed by atoms with Gasteiger partial charge in [-0.25, -0.2) is 29.9 Å². The van der Waals surface area contributed by atoms with E-state index in [0.717, 1.165) is 83.1 Å². The monoisotopic (exact) mass is 885 g/mol. The molecule has 0 saturated carbocycles. The maximum atomic E-state index is 5.33. The van der Waals surface area contributed by atoms with Crippen LogP contribution in [0.4, 0.5) is 0 Å². The Morgan fingerprint density at radius 2 is 0.565 bits per heavy atom. The molecule has 7 nitrogen and oxygen atoms in total. The first-order valence-corrected chi connectivity index (χ1v) is 23.1. The van der Waals surface area contributed by atoms with E-state index < -0.39 is 0 Å². The molecule has 0 unspecified atom stereocenters. The number of benzene rings is 9. The third kappa shape index (κ3) is 7.92. The molecular formula is C62H43N7. The Labute approximate surface area is 400 Å². The summed E-state index contributed by atoms with van der Waals surface area (Å²) in [4.78, 5) is 31.5. The van der Waals surface area contributed by atoms with Gasteiger partial charge in [0.2, 0.25) is 0 Å². The van der Waals surface area contributed by atoms with Crippen molar-refractivity contribution < 1.29 is 0 Å². The zero-order valence-electron chi connectivity index (χ0n) is 38.0. The summed E-state index contributed by atoms with van der Waals surface area (Å²) in [6.45, 7) is 4.25. The van der Waals surface area contributed by atoms with Gasteiger partial charge in [-0.05, 0) is 72.5 Å². The third-order valence-corrected chi connectivity index (χ3v) is 12.7. The summed E-state index contributed by atoms with van der Waals surface area (Å²) >= 11 is 0. The maximum Gasteiger partial charge on any atom is 0.166 e. The summed E-state index contributed by atoms with van der Waals surface area (Å²) in [5.41, 5.74) is 15.0. The predicted molar refractivity (Wildman–Crippen MR) is 281 cm³/mol. The highest BCUT2D eigenvalue weighted by atomic mass is 15.1. The first-order chi connectivity index (χ1) is 34.0. The Balaban J connectivity index is 1.20. The Kier molecular flexibility index (Phi) is 10.5. The van der Waals surface area contributed by atoms with Gasteiger partial charge < -0.3 is 4.57 Å². The summed E-state index contributed by atoms with van der Waals surface area (Å²) in [6, 6.07) is 77.7. The van der Waals surface area contributed by atoms with E-state index in [9.17, 15) is 0 Å². The highest BCUT2D eigenvalue weighted by Crippen LogP contribution is 2.43. The van der Waals surface area contributed by atoms with E-state index >= 15 is 0 Å². The summed E-state index contributed by atoms with van der Waals surface area (Å²) < 4.78 is 2.36. The van der Waals surface area contributed by atoms with Crippen molar-refractivity contribution in [1.29, 1.82) is 0 Å². The van der Waals surface area contributed by atoms with Crippen molar-refractivity contribution in [3.05, 3.63) is 236 Å². The molecule has 0 saturated heterocycles. The van der Waals surface area contributed by atoms with Gasteiger partial charge in [0.25, 0.3) is 0 Å². The molecule has 3 heterocycles. The molecule has 3 aromatic heterocycles. The maximum absolute atomic E-state index is 5.33. The number of aryl methyl sites for hydroxylation is 2. The number of aromatic nitrogens is 7. The molecule has 7 heteroatoms. The number of fused-ring (bicyclic) bond motifs is 3. The lowest BCUT2D eigenvalue weighted by atomic mass is 9.99. The molecule has 0 amide bonds. The van der Waals surface area contributed by atoms with Crippen LogP contribution in [0.15, 0.2) is 224 Å². The van der Waals surface area contributed by atoms with E-state index in [1.807, 2.05) is 121 Å². The molecule has 0 aliphatic carbocycles. The average molecular weight is 886 g/mol. The van der Waals surface area contributed by atoms with Crippen LogP contribution in [0, 0.1) is 13.8 Å². The van der Waals surface area contributed by atoms with Crippen LogP contribution in [0.5, 0.6) is 0 Å². The van der Waals surface area contributed by atoms with Gasteiger partial charge in [0.05, 0.1) is 16.7 Å². The normalized spacial score (nSPS) is 11.3. The summed E-state index contributed by atoms with van der Waals surface area (Å²) in [5, 5.41) is 2.21. The van der Waals surface area contributed by atoms with Crippen molar-refractivity contribution in [1.82, 2.24) is 34.5 Å². The Morgan fingerprint density at radius 1 is 0.261 bits per heavy atom. The topological polar surface area (TPSA) is 82.3 Å². The molecule has 326 valence electrons. The number of para-hydroxylation sites is 1. The van der Waals surface area contributed by atoms with Gasteiger partial charge in [0.1, 0.15) is 0 Å². The van der Waals surface area contributed by atoms with Crippen LogP contribution in [0.25, 0.3) is 118 Å². The minimum Gasteiger partial charge on any atom is -0.308 e. The van der Waals surface area contributed by atoms with E-state index in [2.05, 4.69) is 122 Å². The molecule has 12 rings (SSSR count). The van der Waals surface area contributed by atoms with Crippen LogP contribution in [0.1, 0.15) is 11.1 Å². The summed E-state index contributed by atoms with van der Waals surface area (Å²) in [6.07, 6.45) is 0. The van der Waals surface area contributed by atoms with E-state index in [1.165, 1.54) is 11.1 Å². The number of rotatable bonds is 9. The molecule has 9 aromatic carbocycles. The first-order valence-electron chi connectivity index (χ1n) is 23.1. The first kappa shape index (κ1) is 41.2. The van der Waals surface area contributed by atoms with Crippen molar-refractivity contribution in [3.63, 3.8) is 0 Å². The second kappa shape index (κ2) is 17.5. The van der Waals surface area contributed by atoms with Gasteiger partial charge >= 0.3 is 0 Å². The standard InChI is InChI=1S/C62H43N7/c1-40-26-30-42(31-27-40)48-34-36-54-52(38-48)53-39-49(43-32-28-41(2)29-33-43)35-37-55(53)69(54)56-50(61-65-57(44-16-7-3-8-17-44)63-58(66-61)45-18-9-4-10-19-45)24-15-25-51(56)62-67-59(46-20-11-5-12-21-46)64-60(68-62)47-22-13-6-14-23-47/h3-39H,1-2H3. The van der Waals surface area contributed by atoms with E-state index in [1.54, 1.807) is 0 Å². The third-order valence-electron chi connectivity index (χ3n) is 12.7.